The molecule has 0 spiro atoms. The number of benzene rings is 2. The minimum Gasteiger partial charge on any atom is -0.481 e. The molecule has 222 valence electrons. The fourth-order valence-electron chi connectivity index (χ4n) is 4.13. The highest BCUT2D eigenvalue weighted by Gasteiger charge is 2.30. The average molecular weight is 570 g/mol. The Balaban J connectivity index is 2.15. The van der Waals surface area contributed by atoms with Crippen LogP contribution in [0.1, 0.15) is 43.2 Å². The number of carboxylic acid groups (broad SMARTS) is 2. The lowest BCUT2D eigenvalue weighted by Crippen LogP contribution is -2.57. The van der Waals surface area contributed by atoms with E-state index < -0.39 is 60.2 Å². The van der Waals surface area contributed by atoms with Crippen molar-refractivity contribution in [2.75, 3.05) is 6.54 Å². The van der Waals surface area contributed by atoms with Crippen LogP contribution >= 0.6 is 0 Å². The summed E-state index contributed by atoms with van der Waals surface area (Å²) in [5, 5.41) is 26.4. The highest BCUT2D eigenvalue weighted by atomic mass is 16.4. The van der Waals surface area contributed by atoms with Crippen molar-refractivity contribution in [2.45, 2.75) is 69.1 Å². The van der Waals surface area contributed by atoms with Crippen LogP contribution in [0.3, 0.4) is 0 Å². The van der Waals surface area contributed by atoms with E-state index in [2.05, 4.69) is 16.0 Å². The normalized spacial score (nSPS) is 13.7. The molecule has 2 rings (SSSR count). The van der Waals surface area contributed by atoms with E-state index in [4.69, 9.17) is 16.6 Å². The Kier molecular flexibility index (Phi) is 14.0. The van der Waals surface area contributed by atoms with Crippen LogP contribution in [0, 0.1) is 0 Å². The van der Waals surface area contributed by atoms with E-state index in [9.17, 15) is 29.1 Å². The van der Waals surface area contributed by atoms with Gasteiger partial charge in [0, 0.05) is 12.8 Å². The number of nitrogens with one attached hydrogen (secondary N) is 3. The zero-order chi connectivity index (χ0) is 30.2. The Morgan fingerprint density at radius 1 is 0.659 bits per heavy atom. The quantitative estimate of drug-likeness (QED) is 0.123. The van der Waals surface area contributed by atoms with Gasteiger partial charge in [-0.25, -0.2) is 4.79 Å². The molecule has 0 aromatic heterocycles. The number of rotatable bonds is 18. The molecule has 4 atom stereocenters. The number of nitrogens with two attached hydrogens (primary N) is 2. The van der Waals surface area contributed by atoms with Crippen LogP contribution in [0.15, 0.2) is 60.7 Å². The first kappa shape index (κ1) is 32.9. The van der Waals surface area contributed by atoms with Gasteiger partial charge < -0.3 is 37.6 Å². The third kappa shape index (κ3) is 12.2. The zero-order valence-corrected chi connectivity index (χ0v) is 22.8. The smallest absolute Gasteiger partial charge is 0.326 e. The monoisotopic (exact) mass is 569 g/mol. The van der Waals surface area contributed by atoms with E-state index in [-0.39, 0.29) is 25.7 Å². The molecule has 3 amide bonds. The maximum atomic E-state index is 13.2. The number of hydrogen-bond donors (Lipinski definition) is 7. The van der Waals surface area contributed by atoms with Crippen molar-refractivity contribution in [2.24, 2.45) is 11.5 Å². The third-order valence-corrected chi connectivity index (χ3v) is 6.39. The highest BCUT2D eigenvalue weighted by molar-refractivity contribution is 5.94. The minimum atomic E-state index is -1.29. The standard InChI is InChI=1S/C29H39N5O7/c30-16-8-7-13-22(27(38)34-24(29(40)41)18-20-11-5-2-6-12-20)33-28(39)23(14-15-25(35)36)32-26(37)21(31)17-19-9-3-1-4-10-19/h1-6,9-12,21-24H,7-8,13-18,30-31H2,(H,32,37)(H,33,39)(H,34,38)(H,35,36)(H,40,41). The third-order valence-electron chi connectivity index (χ3n) is 6.39. The molecule has 9 N–H and O–H groups in total. The van der Waals surface area contributed by atoms with E-state index in [0.29, 0.717) is 24.9 Å². The van der Waals surface area contributed by atoms with Gasteiger partial charge in [0.1, 0.15) is 18.1 Å². The molecule has 0 aliphatic rings. The van der Waals surface area contributed by atoms with Crippen molar-refractivity contribution in [3.05, 3.63) is 71.8 Å². The Labute approximate surface area is 238 Å². The molecular weight excluding hydrogens is 530 g/mol. The van der Waals surface area contributed by atoms with Gasteiger partial charge in [0.2, 0.25) is 17.7 Å². The number of carbonyl (C=O) groups excluding carboxylic acids is 3. The molecule has 0 fully saturated rings. The van der Waals surface area contributed by atoms with Crippen molar-refractivity contribution in [1.29, 1.82) is 0 Å². The number of amides is 3. The SMILES string of the molecule is NCCCCC(NC(=O)C(CCC(=O)O)NC(=O)C(N)Cc1ccccc1)C(=O)NC(Cc1ccccc1)C(=O)O. The van der Waals surface area contributed by atoms with Gasteiger partial charge in [-0.15, -0.1) is 0 Å². The van der Waals surface area contributed by atoms with Gasteiger partial charge in [0.25, 0.3) is 0 Å². The van der Waals surface area contributed by atoms with E-state index >= 15 is 0 Å². The predicted octanol–water partition coefficient (Wildman–Crippen LogP) is 0.332. The molecule has 0 bridgehead atoms. The first-order valence-electron chi connectivity index (χ1n) is 13.5. The summed E-state index contributed by atoms with van der Waals surface area (Å²) in [7, 11) is 0. The molecule has 2 aromatic carbocycles. The summed E-state index contributed by atoms with van der Waals surface area (Å²) in [4.78, 5) is 62.3. The van der Waals surface area contributed by atoms with E-state index in [1.165, 1.54) is 0 Å². The molecule has 0 saturated carbocycles. The molecule has 0 aliphatic heterocycles. The molecular formula is C29H39N5O7. The topological polar surface area (TPSA) is 214 Å². The van der Waals surface area contributed by atoms with Gasteiger partial charge in [-0.1, -0.05) is 60.7 Å². The van der Waals surface area contributed by atoms with Crippen LogP contribution in [-0.2, 0) is 36.8 Å². The van der Waals surface area contributed by atoms with E-state index in [1.807, 2.05) is 6.07 Å². The van der Waals surface area contributed by atoms with Gasteiger partial charge in [0.05, 0.1) is 6.04 Å². The molecule has 12 heteroatoms. The summed E-state index contributed by atoms with van der Waals surface area (Å²) < 4.78 is 0. The van der Waals surface area contributed by atoms with Crippen LogP contribution in [0.4, 0.5) is 0 Å². The summed E-state index contributed by atoms with van der Waals surface area (Å²) in [5.74, 6) is -4.57. The molecule has 0 aliphatic carbocycles. The molecule has 2 aromatic rings. The molecule has 0 radical (unpaired) electrons. The van der Waals surface area contributed by atoms with Crippen LogP contribution in [0.5, 0.6) is 0 Å². The predicted molar refractivity (Wildman–Crippen MR) is 151 cm³/mol. The second kappa shape index (κ2) is 17.4. The first-order chi connectivity index (χ1) is 19.6. The van der Waals surface area contributed by atoms with E-state index in [1.54, 1.807) is 54.6 Å². The summed E-state index contributed by atoms with van der Waals surface area (Å²) in [6, 6.07) is 13.1. The lowest BCUT2D eigenvalue weighted by atomic mass is 10.0. The highest BCUT2D eigenvalue weighted by Crippen LogP contribution is 2.08. The van der Waals surface area contributed by atoms with Crippen molar-refractivity contribution in [3.63, 3.8) is 0 Å². The van der Waals surface area contributed by atoms with Crippen LogP contribution < -0.4 is 27.4 Å². The van der Waals surface area contributed by atoms with E-state index in [0.717, 1.165) is 5.56 Å². The summed E-state index contributed by atoms with van der Waals surface area (Å²) in [6.07, 6.45) is 0.727. The lowest BCUT2D eigenvalue weighted by molar-refractivity contribution is -0.142. The van der Waals surface area contributed by atoms with Crippen molar-refractivity contribution in [3.8, 4) is 0 Å². The molecule has 0 saturated heterocycles. The van der Waals surface area contributed by atoms with Gasteiger partial charge >= 0.3 is 11.9 Å². The average Bonchev–Trinajstić information content (AvgIpc) is 2.95. The summed E-state index contributed by atoms with van der Waals surface area (Å²) in [5.41, 5.74) is 13.1. The van der Waals surface area contributed by atoms with Crippen molar-refractivity contribution < 1.29 is 34.2 Å². The summed E-state index contributed by atoms with van der Waals surface area (Å²) >= 11 is 0. The Bertz CT molecular complexity index is 1150. The Morgan fingerprint density at radius 3 is 1.66 bits per heavy atom. The van der Waals surface area contributed by atoms with Gasteiger partial charge in [0.15, 0.2) is 0 Å². The zero-order valence-electron chi connectivity index (χ0n) is 22.8. The number of hydrogen-bond acceptors (Lipinski definition) is 7. The fraction of sp³-hybridized carbons (Fsp3) is 0.414. The molecule has 41 heavy (non-hydrogen) atoms. The second-order valence-corrected chi connectivity index (χ2v) is 9.72. The van der Waals surface area contributed by atoms with Crippen LogP contribution in [-0.4, -0.2) is 70.6 Å². The lowest BCUT2D eigenvalue weighted by Gasteiger charge is -2.25. The largest absolute Gasteiger partial charge is 0.481 e. The van der Waals surface area contributed by atoms with Gasteiger partial charge in [-0.3, -0.25) is 19.2 Å². The van der Waals surface area contributed by atoms with Crippen LogP contribution in [0.25, 0.3) is 0 Å². The fourth-order valence-corrected chi connectivity index (χ4v) is 4.13. The molecule has 12 nitrogen and oxygen atoms in total. The second-order valence-electron chi connectivity index (χ2n) is 9.72. The van der Waals surface area contributed by atoms with Crippen LogP contribution in [0.2, 0.25) is 0 Å². The Hall–Kier alpha value is -4.29. The number of unbranched alkanes of at least 4 members (excludes halogenated alkanes) is 1. The van der Waals surface area contributed by atoms with Crippen molar-refractivity contribution in [1.82, 2.24) is 16.0 Å². The first-order valence-corrected chi connectivity index (χ1v) is 13.5. The maximum absolute atomic E-state index is 13.2. The Morgan fingerprint density at radius 2 is 1.15 bits per heavy atom. The van der Waals surface area contributed by atoms with Gasteiger partial charge in [-0.2, -0.15) is 0 Å². The number of carbonyl (C=O) groups is 5. The van der Waals surface area contributed by atoms with Gasteiger partial charge in [-0.05, 0) is 49.8 Å². The summed E-state index contributed by atoms with van der Waals surface area (Å²) in [6.45, 7) is 0.352. The molecule has 0 heterocycles. The number of carboxylic acids is 2. The molecule has 4 unspecified atom stereocenters. The number of aliphatic carboxylic acids is 2. The minimum absolute atomic E-state index is 0.0297. The van der Waals surface area contributed by atoms with Crippen molar-refractivity contribution >= 4 is 29.7 Å². The maximum Gasteiger partial charge on any atom is 0.326 e.